The van der Waals surface area contributed by atoms with E-state index in [2.05, 4.69) is 9.71 Å². The minimum atomic E-state index is -4.03. The maximum atomic E-state index is 13.2. The summed E-state index contributed by atoms with van der Waals surface area (Å²) in [6, 6.07) is 26.1. The third-order valence-corrected chi connectivity index (χ3v) is 6.87. The number of carbonyl (C=O) groups excluding carboxylic acids is 1. The van der Waals surface area contributed by atoms with Gasteiger partial charge < -0.3 is 5.32 Å². The zero-order chi connectivity index (χ0) is 23.0. The van der Waals surface area contributed by atoms with E-state index >= 15 is 0 Å². The number of Topliss-reactive ketones (excluding diaryl/α,β-unsaturated/α-hetero) is 1. The smallest absolute Gasteiger partial charge is 0.282 e. The highest BCUT2D eigenvalue weighted by molar-refractivity contribution is 7.90. The molecule has 0 fully saturated rings. The average Bonchev–Trinajstić information content (AvgIpc) is 2.83. The van der Waals surface area contributed by atoms with E-state index in [1.165, 1.54) is 12.1 Å². The molecule has 7 heteroatoms. The molecule has 1 aliphatic rings. The molecule has 0 radical (unpaired) electrons. The largest absolute Gasteiger partial charge is 0.352 e. The van der Waals surface area contributed by atoms with Crippen molar-refractivity contribution in [3.8, 4) is 0 Å². The number of halogens is 1. The van der Waals surface area contributed by atoms with Crippen molar-refractivity contribution in [3.63, 3.8) is 0 Å². The normalized spacial score (nSPS) is 14.8. The van der Waals surface area contributed by atoms with Crippen LogP contribution in [0.5, 0.6) is 0 Å². The van der Waals surface area contributed by atoms with Crippen molar-refractivity contribution in [2.45, 2.75) is 4.90 Å². The third-order valence-electron chi connectivity index (χ3n) is 5.33. The summed E-state index contributed by atoms with van der Waals surface area (Å²) in [7, 11) is -4.03. The van der Waals surface area contributed by atoms with Crippen LogP contribution in [0.1, 0.15) is 15.9 Å². The summed E-state index contributed by atoms with van der Waals surface area (Å²) in [4.78, 5) is 13.1. The Morgan fingerprint density at radius 1 is 0.758 bits per heavy atom. The van der Waals surface area contributed by atoms with Crippen LogP contribution < -0.4 is 5.32 Å². The molecule has 5 nitrogen and oxygen atoms in total. The van der Waals surface area contributed by atoms with Crippen molar-refractivity contribution in [1.82, 2.24) is 0 Å². The van der Waals surface area contributed by atoms with Gasteiger partial charge in [-0.05, 0) is 53.2 Å². The predicted molar refractivity (Wildman–Crippen MR) is 132 cm³/mol. The van der Waals surface area contributed by atoms with Gasteiger partial charge in [0, 0.05) is 21.8 Å². The van der Waals surface area contributed by atoms with Crippen molar-refractivity contribution in [2.75, 3.05) is 5.32 Å². The van der Waals surface area contributed by atoms with E-state index < -0.39 is 10.0 Å². The van der Waals surface area contributed by atoms with Crippen LogP contribution in [0.15, 0.2) is 112 Å². The summed E-state index contributed by atoms with van der Waals surface area (Å²) in [5.74, 6) is -0.248. The van der Waals surface area contributed by atoms with Crippen molar-refractivity contribution >= 4 is 49.6 Å². The summed E-state index contributed by atoms with van der Waals surface area (Å²) in [5.41, 5.74) is 1.91. The molecule has 0 bridgehead atoms. The number of fused-ring (bicyclic) bond motifs is 2. The Labute approximate surface area is 196 Å². The van der Waals surface area contributed by atoms with Crippen LogP contribution in [0, 0.1) is 0 Å². The molecule has 0 amide bonds. The first kappa shape index (κ1) is 21.1. The Bertz CT molecular complexity index is 1570. The maximum absolute atomic E-state index is 13.2. The Morgan fingerprint density at radius 2 is 1.42 bits per heavy atom. The lowest BCUT2D eigenvalue weighted by atomic mass is 9.92. The first-order valence-corrected chi connectivity index (χ1v) is 11.9. The number of allylic oxidation sites excluding steroid dienone is 2. The van der Waals surface area contributed by atoms with Crippen LogP contribution in [0.2, 0.25) is 5.02 Å². The second-order valence-corrected chi connectivity index (χ2v) is 9.57. The van der Waals surface area contributed by atoms with Gasteiger partial charge in [0.15, 0.2) is 0 Å². The lowest BCUT2D eigenvalue weighted by Crippen LogP contribution is -2.22. The maximum Gasteiger partial charge on any atom is 0.282 e. The topological polar surface area (TPSA) is 75.6 Å². The fraction of sp³-hybridized carbons (Fsp3) is 0. The summed E-state index contributed by atoms with van der Waals surface area (Å²) < 4.78 is 30.5. The van der Waals surface area contributed by atoms with E-state index in [1.54, 1.807) is 60.7 Å². The summed E-state index contributed by atoms with van der Waals surface area (Å²) in [5, 5.41) is 5.37. The Balaban J connectivity index is 1.60. The van der Waals surface area contributed by atoms with E-state index in [0.29, 0.717) is 21.8 Å². The molecule has 0 saturated carbocycles. The second-order valence-electron chi connectivity index (χ2n) is 7.53. The molecule has 0 unspecified atom stereocenters. The fourth-order valence-corrected chi connectivity index (χ4v) is 4.85. The van der Waals surface area contributed by atoms with Crippen molar-refractivity contribution in [2.24, 2.45) is 4.40 Å². The van der Waals surface area contributed by atoms with Crippen molar-refractivity contribution < 1.29 is 13.2 Å². The molecule has 0 spiro atoms. The van der Waals surface area contributed by atoms with Crippen LogP contribution in [0.3, 0.4) is 0 Å². The van der Waals surface area contributed by atoms with Crippen molar-refractivity contribution in [1.29, 1.82) is 0 Å². The highest BCUT2D eigenvalue weighted by atomic mass is 35.5. The molecule has 33 heavy (non-hydrogen) atoms. The number of nitrogens with zero attached hydrogens (tertiary/aromatic N) is 1. The number of benzene rings is 4. The zero-order valence-electron chi connectivity index (χ0n) is 17.2. The van der Waals surface area contributed by atoms with Gasteiger partial charge in [-0.2, -0.15) is 12.8 Å². The SMILES string of the molecule is O=C1C(Nc2ccc(Cl)cc2)=C/C(=N/S(=O)(=O)c2ccc3ccccc3c2)c2ccccc21. The van der Waals surface area contributed by atoms with Gasteiger partial charge >= 0.3 is 0 Å². The number of anilines is 1. The van der Waals surface area contributed by atoms with E-state index in [1.807, 2.05) is 24.3 Å². The molecule has 4 aromatic carbocycles. The number of nitrogens with one attached hydrogen (secondary N) is 1. The molecular weight excluding hydrogens is 456 g/mol. The Hall–Kier alpha value is -3.74. The monoisotopic (exact) mass is 472 g/mol. The molecule has 0 aromatic heterocycles. The van der Waals surface area contributed by atoms with Crippen LogP contribution in [-0.4, -0.2) is 19.9 Å². The van der Waals surface area contributed by atoms with Gasteiger partial charge in [0.1, 0.15) is 0 Å². The molecule has 0 atom stereocenters. The lowest BCUT2D eigenvalue weighted by Gasteiger charge is -2.18. The van der Waals surface area contributed by atoms with Crippen LogP contribution in [0.4, 0.5) is 5.69 Å². The molecule has 0 saturated heterocycles. The van der Waals surface area contributed by atoms with Gasteiger partial charge in [0.2, 0.25) is 5.78 Å². The average molecular weight is 473 g/mol. The molecular formula is C26H17ClN2O3S. The lowest BCUT2D eigenvalue weighted by molar-refractivity contribution is 0.103. The van der Waals surface area contributed by atoms with Gasteiger partial charge in [0.25, 0.3) is 10.0 Å². The standard InChI is InChI=1S/C26H17ClN2O3S/c27-19-10-12-20(13-11-19)28-25-16-24(22-7-3-4-8-23(22)26(25)30)29-33(31,32)21-14-9-17-5-1-2-6-18(17)15-21/h1-16,28H/b29-24-. The third kappa shape index (κ3) is 4.18. The number of ketones is 1. The summed E-state index contributed by atoms with van der Waals surface area (Å²) in [6.07, 6.45) is 1.47. The number of hydrogen-bond acceptors (Lipinski definition) is 4. The van der Waals surface area contributed by atoms with E-state index in [9.17, 15) is 13.2 Å². The van der Waals surface area contributed by atoms with Gasteiger partial charge in [-0.25, -0.2) is 0 Å². The van der Waals surface area contributed by atoms with Gasteiger partial charge in [0.05, 0.1) is 16.3 Å². The fourth-order valence-electron chi connectivity index (χ4n) is 3.70. The molecule has 5 rings (SSSR count). The van der Waals surface area contributed by atoms with Crippen molar-refractivity contribution in [3.05, 3.63) is 119 Å². The second kappa shape index (κ2) is 8.31. The predicted octanol–water partition coefficient (Wildman–Crippen LogP) is 5.86. The van der Waals surface area contributed by atoms with Crippen LogP contribution in [-0.2, 0) is 10.0 Å². The van der Waals surface area contributed by atoms with Gasteiger partial charge in [-0.1, -0.05) is 66.2 Å². The highest BCUT2D eigenvalue weighted by Crippen LogP contribution is 2.26. The Kier molecular flexibility index (Phi) is 5.32. The molecule has 0 heterocycles. The number of hydrogen-bond donors (Lipinski definition) is 1. The number of sulfonamides is 1. The Morgan fingerprint density at radius 3 is 2.18 bits per heavy atom. The number of rotatable bonds is 4. The molecule has 0 aliphatic heterocycles. The molecule has 1 aliphatic carbocycles. The minimum Gasteiger partial charge on any atom is -0.352 e. The van der Waals surface area contributed by atoms with Crippen LogP contribution in [0.25, 0.3) is 10.8 Å². The highest BCUT2D eigenvalue weighted by Gasteiger charge is 2.26. The quantitative estimate of drug-likeness (QED) is 0.403. The molecule has 4 aromatic rings. The van der Waals surface area contributed by atoms with Gasteiger partial charge in [-0.15, -0.1) is 0 Å². The first-order chi connectivity index (χ1) is 15.9. The van der Waals surface area contributed by atoms with E-state index in [0.717, 1.165) is 10.8 Å². The zero-order valence-corrected chi connectivity index (χ0v) is 18.8. The van der Waals surface area contributed by atoms with E-state index in [4.69, 9.17) is 11.6 Å². The minimum absolute atomic E-state index is 0.0868. The van der Waals surface area contributed by atoms with E-state index in [-0.39, 0.29) is 22.1 Å². The van der Waals surface area contributed by atoms with Crippen LogP contribution >= 0.6 is 11.6 Å². The van der Waals surface area contributed by atoms with Gasteiger partial charge in [-0.3, -0.25) is 4.79 Å². The summed E-state index contributed by atoms with van der Waals surface area (Å²) >= 11 is 5.95. The molecule has 1 N–H and O–H groups in total. The first-order valence-electron chi connectivity index (χ1n) is 10.1. The number of carbonyl (C=O) groups is 1. The summed E-state index contributed by atoms with van der Waals surface area (Å²) in [6.45, 7) is 0. The molecule has 162 valence electrons.